The van der Waals surface area contributed by atoms with E-state index in [4.69, 9.17) is 0 Å². The number of fused-ring (bicyclic) bond motifs is 1. The van der Waals surface area contributed by atoms with Crippen LogP contribution < -0.4 is 0 Å². The Hall–Kier alpha value is -1.41. The van der Waals surface area contributed by atoms with Crippen LogP contribution in [0.15, 0.2) is 29.8 Å². The van der Waals surface area contributed by atoms with E-state index in [1.165, 1.54) is 41.7 Å². The van der Waals surface area contributed by atoms with E-state index in [9.17, 15) is 4.79 Å². The van der Waals surface area contributed by atoms with E-state index in [-0.39, 0.29) is 0 Å². The largest absolute Gasteiger partial charge is 0.300 e. The minimum Gasteiger partial charge on any atom is -0.300 e. The first-order valence-electron chi connectivity index (χ1n) is 8.57. The van der Waals surface area contributed by atoms with Crippen molar-refractivity contribution in [2.24, 2.45) is 5.92 Å². The van der Waals surface area contributed by atoms with Gasteiger partial charge in [-0.15, -0.1) is 0 Å². The lowest BCUT2D eigenvalue weighted by atomic mass is 9.76. The monoisotopic (exact) mass is 297 g/mol. The number of hydrogen-bond donors (Lipinski definition) is 0. The molecule has 2 heterocycles. The van der Waals surface area contributed by atoms with Crippen molar-refractivity contribution < 1.29 is 4.79 Å². The molecular weight excluding hydrogens is 270 g/mol. The van der Waals surface area contributed by atoms with E-state index in [1.807, 2.05) is 0 Å². The summed E-state index contributed by atoms with van der Waals surface area (Å²) in [6.07, 6.45) is 4.31. The first-order valence-corrected chi connectivity index (χ1v) is 8.57. The predicted molar refractivity (Wildman–Crippen MR) is 91.8 cm³/mol. The lowest BCUT2D eigenvalue weighted by Crippen LogP contribution is -2.49. The van der Waals surface area contributed by atoms with Gasteiger partial charge in [-0.05, 0) is 69.2 Å². The summed E-state index contributed by atoms with van der Waals surface area (Å²) in [5, 5.41) is 0. The molecule has 118 valence electrons. The Morgan fingerprint density at radius 3 is 2.73 bits per heavy atom. The molecule has 1 aromatic rings. The number of hydrogen-bond acceptors (Lipinski definition) is 2. The molecule has 2 atom stereocenters. The molecule has 2 aliphatic rings. The maximum atomic E-state index is 11.7. The second-order valence-corrected chi connectivity index (χ2v) is 7.02. The predicted octanol–water partition coefficient (Wildman–Crippen LogP) is 4.23. The number of carbonyl (C=O) groups is 1. The summed E-state index contributed by atoms with van der Waals surface area (Å²) in [7, 11) is 0. The van der Waals surface area contributed by atoms with Gasteiger partial charge < -0.3 is 4.79 Å². The van der Waals surface area contributed by atoms with Gasteiger partial charge in [-0.2, -0.15) is 0 Å². The Balaban J connectivity index is 1.98. The molecule has 2 unspecified atom stereocenters. The molecule has 1 saturated heterocycles. The fourth-order valence-electron chi connectivity index (χ4n) is 4.50. The topological polar surface area (TPSA) is 20.3 Å². The molecule has 0 aliphatic carbocycles. The quantitative estimate of drug-likeness (QED) is 0.832. The van der Waals surface area contributed by atoms with Gasteiger partial charge in [-0.25, -0.2) is 0 Å². The zero-order valence-electron chi connectivity index (χ0n) is 14.1. The Kier molecular flexibility index (Phi) is 4.49. The van der Waals surface area contributed by atoms with Gasteiger partial charge in [-0.3, -0.25) is 4.90 Å². The number of nitrogens with zero attached hydrogens (tertiary/aromatic N) is 1. The van der Waals surface area contributed by atoms with Crippen molar-refractivity contribution in [1.29, 1.82) is 0 Å². The van der Waals surface area contributed by atoms with Crippen LogP contribution in [0, 0.1) is 12.8 Å². The van der Waals surface area contributed by atoms with Gasteiger partial charge in [0.25, 0.3) is 0 Å². The van der Waals surface area contributed by atoms with Gasteiger partial charge in [0, 0.05) is 19.0 Å². The minimum atomic E-state index is 0.336. The fourth-order valence-corrected chi connectivity index (χ4v) is 4.50. The lowest BCUT2D eigenvalue weighted by molar-refractivity contribution is -0.118. The van der Waals surface area contributed by atoms with Crippen molar-refractivity contribution in [3.05, 3.63) is 41.0 Å². The molecule has 0 aromatic heterocycles. The van der Waals surface area contributed by atoms with Crippen molar-refractivity contribution in [2.75, 3.05) is 13.1 Å². The number of rotatable bonds is 3. The molecule has 1 aromatic carbocycles. The second-order valence-electron chi connectivity index (χ2n) is 7.02. The van der Waals surface area contributed by atoms with Crippen molar-refractivity contribution in [3.63, 3.8) is 0 Å². The summed E-state index contributed by atoms with van der Waals surface area (Å²) < 4.78 is 0. The molecule has 2 nitrogen and oxygen atoms in total. The van der Waals surface area contributed by atoms with Crippen LogP contribution in [0.4, 0.5) is 0 Å². The van der Waals surface area contributed by atoms with Crippen LogP contribution in [-0.4, -0.2) is 29.8 Å². The van der Waals surface area contributed by atoms with Crippen molar-refractivity contribution >= 4 is 11.4 Å². The molecule has 3 rings (SSSR count). The SMILES string of the molecule is CC(=O)CC1CCCN2CCC(c3ccccc3C)=C(C)C12. The van der Waals surface area contributed by atoms with E-state index < -0.39 is 0 Å². The molecule has 2 aliphatic heterocycles. The average Bonchev–Trinajstić information content (AvgIpc) is 2.48. The molecule has 0 amide bonds. The molecule has 0 saturated carbocycles. The third-order valence-corrected chi connectivity index (χ3v) is 5.45. The van der Waals surface area contributed by atoms with Gasteiger partial charge in [0.05, 0.1) is 0 Å². The first kappa shape index (κ1) is 15.5. The Bertz CT molecular complexity index is 601. The molecule has 1 fully saturated rings. The number of Topliss-reactive ketones (excluding diaryl/α,β-unsaturated/α-hetero) is 1. The summed E-state index contributed by atoms with van der Waals surface area (Å²) in [5.41, 5.74) is 5.80. The summed E-state index contributed by atoms with van der Waals surface area (Å²) in [6.45, 7) is 8.58. The standard InChI is InChI=1S/C20H27NO/c1-14-7-4-5-9-18(14)19-10-12-21-11-6-8-17(13-15(2)22)20(21)16(19)3/h4-5,7,9,17,20H,6,8,10-13H2,1-3H3. The normalized spacial score (nSPS) is 26.0. The smallest absolute Gasteiger partial charge is 0.130 e. The van der Waals surface area contributed by atoms with E-state index in [0.717, 1.165) is 19.4 Å². The van der Waals surface area contributed by atoms with Crippen LogP contribution in [0.2, 0.25) is 0 Å². The highest BCUT2D eigenvalue weighted by Gasteiger charge is 2.36. The highest BCUT2D eigenvalue weighted by Crippen LogP contribution is 2.39. The van der Waals surface area contributed by atoms with Crippen LogP contribution in [0.5, 0.6) is 0 Å². The van der Waals surface area contributed by atoms with Crippen LogP contribution in [0.25, 0.3) is 5.57 Å². The maximum absolute atomic E-state index is 11.7. The van der Waals surface area contributed by atoms with E-state index in [1.54, 1.807) is 6.92 Å². The van der Waals surface area contributed by atoms with Gasteiger partial charge in [-0.1, -0.05) is 29.8 Å². The number of carbonyl (C=O) groups excluding carboxylic acids is 1. The number of benzene rings is 1. The first-order chi connectivity index (χ1) is 10.6. The second kappa shape index (κ2) is 6.37. The van der Waals surface area contributed by atoms with Gasteiger partial charge in [0.15, 0.2) is 0 Å². The van der Waals surface area contributed by atoms with Crippen LogP contribution in [0.3, 0.4) is 0 Å². The minimum absolute atomic E-state index is 0.336. The van der Waals surface area contributed by atoms with Crippen LogP contribution in [-0.2, 0) is 4.79 Å². The van der Waals surface area contributed by atoms with Crippen molar-refractivity contribution in [1.82, 2.24) is 4.90 Å². The van der Waals surface area contributed by atoms with E-state index in [0.29, 0.717) is 17.7 Å². The van der Waals surface area contributed by atoms with Crippen LogP contribution >= 0.6 is 0 Å². The van der Waals surface area contributed by atoms with E-state index >= 15 is 0 Å². The molecule has 0 spiro atoms. The molecular formula is C20H27NO. The highest BCUT2D eigenvalue weighted by molar-refractivity contribution is 5.76. The van der Waals surface area contributed by atoms with Crippen LogP contribution in [0.1, 0.15) is 50.7 Å². The molecule has 2 heteroatoms. The van der Waals surface area contributed by atoms with Gasteiger partial charge >= 0.3 is 0 Å². The third kappa shape index (κ3) is 2.89. The number of aryl methyl sites for hydroxylation is 1. The zero-order valence-corrected chi connectivity index (χ0v) is 14.1. The Labute approximate surface area is 134 Å². The summed E-state index contributed by atoms with van der Waals surface area (Å²) >= 11 is 0. The summed E-state index contributed by atoms with van der Waals surface area (Å²) in [5.74, 6) is 0.841. The molecule has 0 N–H and O–H groups in total. The average molecular weight is 297 g/mol. The number of ketones is 1. The summed E-state index contributed by atoms with van der Waals surface area (Å²) in [4.78, 5) is 14.3. The van der Waals surface area contributed by atoms with Gasteiger partial charge in [0.2, 0.25) is 0 Å². The van der Waals surface area contributed by atoms with E-state index in [2.05, 4.69) is 43.0 Å². The van der Waals surface area contributed by atoms with Crippen molar-refractivity contribution in [2.45, 2.75) is 52.5 Å². The highest BCUT2D eigenvalue weighted by atomic mass is 16.1. The van der Waals surface area contributed by atoms with Gasteiger partial charge in [0.1, 0.15) is 5.78 Å². The molecule has 0 bridgehead atoms. The fraction of sp³-hybridized carbons (Fsp3) is 0.550. The third-order valence-electron chi connectivity index (χ3n) is 5.45. The zero-order chi connectivity index (χ0) is 15.7. The number of piperidine rings is 1. The molecule has 22 heavy (non-hydrogen) atoms. The van der Waals surface area contributed by atoms with Crippen molar-refractivity contribution in [3.8, 4) is 0 Å². The molecule has 0 radical (unpaired) electrons. The lowest BCUT2D eigenvalue weighted by Gasteiger charge is -2.46. The maximum Gasteiger partial charge on any atom is 0.130 e. The Morgan fingerprint density at radius 2 is 2.00 bits per heavy atom. The summed E-state index contributed by atoms with van der Waals surface area (Å²) in [6, 6.07) is 9.19. The Morgan fingerprint density at radius 1 is 1.23 bits per heavy atom.